The van der Waals surface area contributed by atoms with Crippen molar-refractivity contribution in [3.8, 4) is 5.75 Å². The molecular formula is C26H29NO4. The molecule has 6 rings (SSSR count). The second kappa shape index (κ2) is 7.40. The van der Waals surface area contributed by atoms with Gasteiger partial charge in [0.25, 0.3) is 0 Å². The normalized spacial score (nSPS) is 28.4. The van der Waals surface area contributed by atoms with Crippen LogP contribution in [0.25, 0.3) is 0 Å². The van der Waals surface area contributed by atoms with E-state index in [-0.39, 0.29) is 16.9 Å². The first-order chi connectivity index (χ1) is 14.9. The number of carbonyl (C=O) groups excluding carboxylic acids is 1. The zero-order valence-corrected chi connectivity index (χ0v) is 18.1. The van der Waals surface area contributed by atoms with Gasteiger partial charge in [-0.15, -0.1) is 0 Å². The Bertz CT molecular complexity index is 991. The third-order valence-electron chi connectivity index (χ3n) is 7.74. The van der Waals surface area contributed by atoms with E-state index in [1.807, 2.05) is 12.1 Å². The van der Waals surface area contributed by atoms with Gasteiger partial charge in [-0.05, 0) is 104 Å². The molecule has 4 saturated carbocycles. The van der Waals surface area contributed by atoms with E-state index in [9.17, 15) is 14.7 Å². The van der Waals surface area contributed by atoms with Gasteiger partial charge in [-0.25, -0.2) is 4.79 Å². The SMILES string of the molecule is COc1ccc(N(C(C)=O)c2ccc(C(=O)O)cc2)cc1C12CC3CC(CC(C3)C1)C2. The third-order valence-corrected chi connectivity index (χ3v) is 7.74. The number of aromatic carboxylic acids is 1. The second-order valence-corrected chi connectivity index (χ2v) is 9.79. The van der Waals surface area contributed by atoms with Crippen molar-refractivity contribution < 1.29 is 19.4 Å². The Morgan fingerprint density at radius 3 is 1.97 bits per heavy atom. The van der Waals surface area contributed by atoms with E-state index in [1.54, 1.807) is 31.1 Å². The summed E-state index contributed by atoms with van der Waals surface area (Å²) in [5.74, 6) is 2.26. The van der Waals surface area contributed by atoms with Crippen LogP contribution >= 0.6 is 0 Å². The predicted octanol–water partition coefficient (Wildman–Crippen LogP) is 5.55. The molecule has 4 fully saturated rings. The molecule has 5 nitrogen and oxygen atoms in total. The van der Waals surface area contributed by atoms with Crippen LogP contribution in [0.4, 0.5) is 11.4 Å². The van der Waals surface area contributed by atoms with Crippen molar-refractivity contribution in [2.45, 2.75) is 50.9 Å². The van der Waals surface area contributed by atoms with Crippen molar-refractivity contribution in [3.63, 3.8) is 0 Å². The summed E-state index contributed by atoms with van der Waals surface area (Å²) >= 11 is 0. The average Bonchev–Trinajstić information content (AvgIpc) is 2.73. The van der Waals surface area contributed by atoms with E-state index < -0.39 is 5.97 Å². The number of carboxylic acid groups (broad SMARTS) is 1. The van der Waals surface area contributed by atoms with Crippen molar-refractivity contribution in [2.24, 2.45) is 17.8 Å². The Hall–Kier alpha value is -2.82. The zero-order valence-electron chi connectivity index (χ0n) is 18.1. The van der Waals surface area contributed by atoms with Gasteiger partial charge in [0.1, 0.15) is 5.75 Å². The standard InChI is InChI=1S/C26H29NO4/c1-16(28)27(21-5-3-20(4-6-21)25(29)30)22-7-8-24(31-2)23(12-22)26-13-17-9-18(14-26)11-19(10-17)15-26/h3-8,12,17-19H,9-11,13-15H2,1-2H3,(H,29,30). The lowest BCUT2D eigenvalue weighted by atomic mass is 9.48. The summed E-state index contributed by atoms with van der Waals surface area (Å²) in [4.78, 5) is 25.5. The number of carboxylic acids is 1. The minimum atomic E-state index is -0.977. The van der Waals surface area contributed by atoms with Crippen LogP contribution in [0.3, 0.4) is 0 Å². The van der Waals surface area contributed by atoms with Gasteiger partial charge in [0.2, 0.25) is 5.91 Å². The molecule has 0 aliphatic heterocycles. The van der Waals surface area contributed by atoms with Crippen molar-refractivity contribution in [2.75, 3.05) is 12.0 Å². The number of methoxy groups -OCH3 is 1. The van der Waals surface area contributed by atoms with Gasteiger partial charge in [-0.3, -0.25) is 9.69 Å². The van der Waals surface area contributed by atoms with E-state index in [4.69, 9.17) is 4.74 Å². The molecule has 0 spiro atoms. The summed E-state index contributed by atoms with van der Waals surface area (Å²) in [7, 11) is 1.73. The quantitative estimate of drug-likeness (QED) is 0.690. The second-order valence-electron chi connectivity index (χ2n) is 9.79. The van der Waals surface area contributed by atoms with Crippen LogP contribution < -0.4 is 9.64 Å². The number of nitrogens with zero attached hydrogens (tertiary/aromatic N) is 1. The van der Waals surface area contributed by atoms with E-state index in [1.165, 1.54) is 56.2 Å². The van der Waals surface area contributed by atoms with Gasteiger partial charge < -0.3 is 9.84 Å². The number of amides is 1. The average molecular weight is 420 g/mol. The highest BCUT2D eigenvalue weighted by Crippen LogP contribution is 2.62. The lowest BCUT2D eigenvalue weighted by molar-refractivity contribution is -0.115. The zero-order chi connectivity index (χ0) is 21.8. The van der Waals surface area contributed by atoms with Crippen LogP contribution in [-0.2, 0) is 10.2 Å². The molecule has 2 aromatic carbocycles. The first-order valence-corrected chi connectivity index (χ1v) is 11.2. The Morgan fingerprint density at radius 1 is 0.935 bits per heavy atom. The maximum absolute atomic E-state index is 12.7. The largest absolute Gasteiger partial charge is 0.496 e. The first-order valence-electron chi connectivity index (χ1n) is 11.2. The van der Waals surface area contributed by atoms with Crippen molar-refractivity contribution in [3.05, 3.63) is 53.6 Å². The van der Waals surface area contributed by atoms with Crippen LogP contribution in [0.2, 0.25) is 0 Å². The number of rotatable bonds is 5. The van der Waals surface area contributed by atoms with Gasteiger partial charge in [0, 0.05) is 23.9 Å². The van der Waals surface area contributed by atoms with Gasteiger partial charge in [-0.2, -0.15) is 0 Å². The Kier molecular flexibility index (Phi) is 4.80. The molecule has 0 aromatic heterocycles. The van der Waals surface area contributed by atoms with Crippen LogP contribution in [0.1, 0.15) is 61.4 Å². The third kappa shape index (κ3) is 3.40. The fourth-order valence-electron chi connectivity index (χ4n) is 6.96. The Labute approximate surface area is 183 Å². The predicted molar refractivity (Wildman–Crippen MR) is 119 cm³/mol. The topological polar surface area (TPSA) is 66.8 Å². The van der Waals surface area contributed by atoms with Crippen LogP contribution in [-0.4, -0.2) is 24.1 Å². The molecule has 4 aliphatic carbocycles. The van der Waals surface area contributed by atoms with Crippen LogP contribution in [0.5, 0.6) is 5.75 Å². The summed E-state index contributed by atoms with van der Waals surface area (Å²) in [5.41, 5.74) is 3.06. The molecule has 4 aliphatic rings. The lowest BCUT2D eigenvalue weighted by Crippen LogP contribution is -2.48. The molecule has 162 valence electrons. The molecule has 5 heteroatoms. The van der Waals surface area contributed by atoms with Crippen molar-refractivity contribution in [1.29, 1.82) is 0 Å². The van der Waals surface area contributed by atoms with E-state index >= 15 is 0 Å². The number of hydrogen-bond acceptors (Lipinski definition) is 3. The fraction of sp³-hybridized carbons (Fsp3) is 0.462. The minimum absolute atomic E-state index is 0.107. The highest BCUT2D eigenvalue weighted by molar-refractivity contribution is 5.99. The molecule has 0 unspecified atom stereocenters. The molecule has 0 atom stereocenters. The van der Waals surface area contributed by atoms with Gasteiger partial charge in [0.15, 0.2) is 0 Å². The molecule has 0 heterocycles. The van der Waals surface area contributed by atoms with E-state index in [2.05, 4.69) is 6.07 Å². The van der Waals surface area contributed by atoms with Gasteiger partial charge >= 0.3 is 5.97 Å². The number of carbonyl (C=O) groups is 2. The summed E-state index contributed by atoms with van der Waals surface area (Å²) in [6.07, 6.45) is 7.76. The number of anilines is 2. The Balaban J connectivity index is 1.57. The molecule has 1 amide bonds. The first kappa shape index (κ1) is 20.1. The summed E-state index contributed by atoms with van der Waals surface area (Å²) in [5, 5.41) is 9.19. The summed E-state index contributed by atoms with van der Waals surface area (Å²) < 4.78 is 5.81. The van der Waals surface area contributed by atoms with Crippen molar-refractivity contribution >= 4 is 23.3 Å². The molecule has 1 N–H and O–H groups in total. The molecule has 2 aromatic rings. The molecule has 0 saturated heterocycles. The van der Waals surface area contributed by atoms with Crippen LogP contribution in [0.15, 0.2) is 42.5 Å². The fourth-order valence-corrected chi connectivity index (χ4v) is 6.96. The van der Waals surface area contributed by atoms with Crippen molar-refractivity contribution in [1.82, 2.24) is 0 Å². The molecule has 4 bridgehead atoms. The monoisotopic (exact) mass is 419 g/mol. The van der Waals surface area contributed by atoms with Gasteiger partial charge in [0.05, 0.1) is 12.7 Å². The summed E-state index contributed by atoms with van der Waals surface area (Å²) in [6, 6.07) is 12.5. The van der Waals surface area contributed by atoms with E-state index in [0.717, 1.165) is 29.2 Å². The molecule has 0 radical (unpaired) electrons. The molecular weight excluding hydrogens is 390 g/mol. The summed E-state index contributed by atoms with van der Waals surface area (Å²) in [6.45, 7) is 1.54. The van der Waals surface area contributed by atoms with Gasteiger partial charge in [-0.1, -0.05) is 0 Å². The maximum Gasteiger partial charge on any atom is 0.335 e. The van der Waals surface area contributed by atoms with E-state index in [0.29, 0.717) is 5.69 Å². The Morgan fingerprint density at radius 2 is 1.48 bits per heavy atom. The number of benzene rings is 2. The smallest absolute Gasteiger partial charge is 0.335 e. The number of ether oxygens (including phenoxy) is 1. The molecule has 31 heavy (non-hydrogen) atoms. The highest BCUT2D eigenvalue weighted by Gasteiger charge is 2.52. The minimum Gasteiger partial charge on any atom is -0.496 e. The highest BCUT2D eigenvalue weighted by atomic mass is 16.5. The number of hydrogen-bond donors (Lipinski definition) is 1. The maximum atomic E-state index is 12.7. The van der Waals surface area contributed by atoms with Crippen LogP contribution in [0, 0.1) is 17.8 Å². The lowest BCUT2D eigenvalue weighted by Gasteiger charge is -2.57.